The Labute approximate surface area is 153 Å². The van der Waals surface area contributed by atoms with Crippen molar-refractivity contribution in [1.82, 2.24) is 4.90 Å². The van der Waals surface area contributed by atoms with Crippen LogP contribution >= 0.6 is 11.6 Å². The van der Waals surface area contributed by atoms with E-state index in [0.717, 1.165) is 30.2 Å². The molecule has 0 atom stereocenters. The van der Waals surface area contributed by atoms with E-state index in [1.165, 1.54) is 0 Å². The number of nitrogens with zero attached hydrogens (tertiary/aromatic N) is 2. The van der Waals surface area contributed by atoms with Gasteiger partial charge in [-0.25, -0.2) is 4.79 Å². The van der Waals surface area contributed by atoms with Crippen molar-refractivity contribution in [3.05, 3.63) is 53.6 Å². The van der Waals surface area contributed by atoms with E-state index in [2.05, 4.69) is 16.3 Å². The second kappa shape index (κ2) is 8.12. The molecule has 0 unspecified atom stereocenters. The maximum atomic E-state index is 12.4. The molecule has 1 heterocycles. The van der Waals surface area contributed by atoms with Crippen LogP contribution < -0.4 is 15.0 Å². The summed E-state index contributed by atoms with van der Waals surface area (Å²) in [5, 5.41) is 3.56. The van der Waals surface area contributed by atoms with Gasteiger partial charge in [-0.05, 0) is 43.3 Å². The zero-order valence-electron chi connectivity index (χ0n) is 14.2. The van der Waals surface area contributed by atoms with Crippen LogP contribution in [0.4, 0.5) is 16.2 Å². The van der Waals surface area contributed by atoms with Gasteiger partial charge >= 0.3 is 6.03 Å². The minimum absolute atomic E-state index is 0.0833. The number of carbonyl (C=O) groups excluding carboxylic acids is 1. The zero-order valence-corrected chi connectivity index (χ0v) is 15.0. The van der Waals surface area contributed by atoms with E-state index in [1.54, 1.807) is 24.3 Å². The van der Waals surface area contributed by atoms with Crippen LogP contribution in [-0.4, -0.2) is 43.7 Å². The van der Waals surface area contributed by atoms with E-state index in [-0.39, 0.29) is 6.03 Å². The van der Waals surface area contributed by atoms with Crippen LogP contribution in [0.1, 0.15) is 6.92 Å². The second-order valence-corrected chi connectivity index (χ2v) is 6.25. The quantitative estimate of drug-likeness (QED) is 0.894. The molecule has 5 nitrogen and oxygen atoms in total. The van der Waals surface area contributed by atoms with E-state index in [1.807, 2.05) is 30.0 Å². The maximum absolute atomic E-state index is 12.4. The summed E-state index contributed by atoms with van der Waals surface area (Å²) in [6.07, 6.45) is 0. The first-order chi connectivity index (χ1) is 12.2. The number of hydrogen-bond donors (Lipinski definition) is 1. The van der Waals surface area contributed by atoms with Crippen molar-refractivity contribution in [2.24, 2.45) is 0 Å². The van der Waals surface area contributed by atoms with Crippen molar-refractivity contribution in [2.45, 2.75) is 6.92 Å². The summed E-state index contributed by atoms with van der Waals surface area (Å²) in [7, 11) is 0. The molecule has 1 saturated heterocycles. The third-order valence-corrected chi connectivity index (χ3v) is 4.42. The van der Waals surface area contributed by atoms with Crippen LogP contribution in [0.25, 0.3) is 0 Å². The molecule has 0 aliphatic carbocycles. The summed E-state index contributed by atoms with van der Waals surface area (Å²) in [5.41, 5.74) is 1.83. The Morgan fingerprint density at radius 1 is 1.08 bits per heavy atom. The number of benzene rings is 2. The lowest BCUT2D eigenvalue weighted by molar-refractivity contribution is 0.208. The van der Waals surface area contributed by atoms with Crippen molar-refractivity contribution in [2.75, 3.05) is 43.0 Å². The van der Waals surface area contributed by atoms with Gasteiger partial charge in [-0.2, -0.15) is 0 Å². The Bertz CT molecular complexity index is 713. The third-order valence-electron chi connectivity index (χ3n) is 4.17. The molecule has 2 amide bonds. The SMILES string of the molecule is CCOc1ccccc1N1CCN(C(=O)Nc2ccc(Cl)cc2)CC1. The highest BCUT2D eigenvalue weighted by atomic mass is 35.5. The number of rotatable bonds is 4. The molecule has 6 heteroatoms. The summed E-state index contributed by atoms with van der Waals surface area (Å²) in [4.78, 5) is 16.5. The summed E-state index contributed by atoms with van der Waals surface area (Å²) in [6, 6.07) is 15.1. The van der Waals surface area contributed by atoms with Crippen LogP contribution in [0, 0.1) is 0 Å². The number of piperazine rings is 1. The van der Waals surface area contributed by atoms with Gasteiger partial charge in [-0.15, -0.1) is 0 Å². The van der Waals surface area contributed by atoms with Gasteiger partial charge in [0.15, 0.2) is 0 Å². The number of nitrogens with one attached hydrogen (secondary N) is 1. The van der Waals surface area contributed by atoms with Crippen molar-refractivity contribution < 1.29 is 9.53 Å². The van der Waals surface area contributed by atoms with Gasteiger partial charge in [0.1, 0.15) is 5.75 Å². The molecule has 1 aliphatic rings. The van der Waals surface area contributed by atoms with Crippen molar-refractivity contribution in [3.8, 4) is 5.75 Å². The molecule has 0 bridgehead atoms. The topological polar surface area (TPSA) is 44.8 Å². The van der Waals surface area contributed by atoms with Gasteiger partial charge in [0, 0.05) is 36.9 Å². The highest BCUT2D eigenvalue weighted by Crippen LogP contribution is 2.28. The second-order valence-electron chi connectivity index (χ2n) is 5.81. The zero-order chi connectivity index (χ0) is 17.6. The highest BCUT2D eigenvalue weighted by Gasteiger charge is 2.22. The fraction of sp³-hybridized carbons (Fsp3) is 0.316. The minimum atomic E-state index is -0.0833. The summed E-state index contributed by atoms with van der Waals surface area (Å²) in [6.45, 7) is 5.51. The third kappa shape index (κ3) is 4.37. The summed E-state index contributed by atoms with van der Waals surface area (Å²) in [5.74, 6) is 0.893. The number of para-hydroxylation sites is 2. The number of amides is 2. The molecule has 0 aromatic heterocycles. The van der Waals surface area contributed by atoms with Crippen LogP contribution in [0.5, 0.6) is 5.75 Å². The van der Waals surface area contributed by atoms with E-state index >= 15 is 0 Å². The maximum Gasteiger partial charge on any atom is 0.321 e. The van der Waals surface area contributed by atoms with Crippen LogP contribution in [0.3, 0.4) is 0 Å². The Hall–Kier alpha value is -2.40. The lowest BCUT2D eigenvalue weighted by atomic mass is 10.2. The van der Waals surface area contributed by atoms with E-state index in [9.17, 15) is 4.79 Å². The number of carbonyl (C=O) groups is 1. The monoisotopic (exact) mass is 359 g/mol. The molecule has 25 heavy (non-hydrogen) atoms. The van der Waals surface area contributed by atoms with Gasteiger partial charge in [0.2, 0.25) is 0 Å². The molecule has 1 fully saturated rings. The Balaban J connectivity index is 1.58. The molecule has 3 rings (SSSR count). The molecule has 1 N–H and O–H groups in total. The lowest BCUT2D eigenvalue weighted by Crippen LogP contribution is -2.50. The Morgan fingerprint density at radius 3 is 2.44 bits per heavy atom. The first-order valence-electron chi connectivity index (χ1n) is 8.45. The number of anilines is 2. The molecular formula is C19H22ClN3O2. The van der Waals surface area contributed by atoms with E-state index in [0.29, 0.717) is 24.7 Å². The van der Waals surface area contributed by atoms with Gasteiger partial charge in [0.05, 0.1) is 12.3 Å². The number of ether oxygens (including phenoxy) is 1. The smallest absolute Gasteiger partial charge is 0.321 e. The molecule has 0 radical (unpaired) electrons. The standard InChI is InChI=1S/C19H22ClN3O2/c1-2-25-18-6-4-3-5-17(18)22-11-13-23(14-12-22)19(24)21-16-9-7-15(20)8-10-16/h3-10H,2,11-14H2,1H3,(H,21,24). The fourth-order valence-electron chi connectivity index (χ4n) is 2.88. The van der Waals surface area contributed by atoms with Gasteiger partial charge in [-0.3, -0.25) is 0 Å². The first-order valence-corrected chi connectivity index (χ1v) is 8.83. The predicted octanol–water partition coefficient (Wildman–Crippen LogP) is 4.09. The van der Waals surface area contributed by atoms with Crippen molar-refractivity contribution in [3.63, 3.8) is 0 Å². The fourth-order valence-corrected chi connectivity index (χ4v) is 3.01. The van der Waals surface area contributed by atoms with Gasteiger partial charge in [0.25, 0.3) is 0 Å². The van der Waals surface area contributed by atoms with Crippen molar-refractivity contribution in [1.29, 1.82) is 0 Å². The van der Waals surface area contributed by atoms with Crippen LogP contribution in [0.2, 0.25) is 5.02 Å². The van der Waals surface area contributed by atoms with E-state index < -0.39 is 0 Å². The lowest BCUT2D eigenvalue weighted by Gasteiger charge is -2.36. The van der Waals surface area contributed by atoms with Gasteiger partial charge in [-0.1, -0.05) is 23.7 Å². The molecule has 1 aliphatic heterocycles. The molecule has 0 saturated carbocycles. The first kappa shape index (κ1) is 17.4. The Morgan fingerprint density at radius 2 is 1.76 bits per heavy atom. The molecule has 132 valence electrons. The predicted molar refractivity (Wildman–Crippen MR) is 102 cm³/mol. The summed E-state index contributed by atoms with van der Waals surface area (Å²) < 4.78 is 5.71. The average Bonchev–Trinajstić information content (AvgIpc) is 2.64. The average molecular weight is 360 g/mol. The molecule has 2 aromatic rings. The molecule has 0 spiro atoms. The minimum Gasteiger partial charge on any atom is -0.492 e. The van der Waals surface area contributed by atoms with E-state index in [4.69, 9.17) is 16.3 Å². The number of urea groups is 1. The molecular weight excluding hydrogens is 338 g/mol. The van der Waals surface area contributed by atoms with Crippen LogP contribution in [-0.2, 0) is 0 Å². The van der Waals surface area contributed by atoms with Crippen LogP contribution in [0.15, 0.2) is 48.5 Å². The normalized spacial score (nSPS) is 14.3. The molecule has 2 aromatic carbocycles. The highest BCUT2D eigenvalue weighted by molar-refractivity contribution is 6.30. The number of hydrogen-bond acceptors (Lipinski definition) is 3. The van der Waals surface area contributed by atoms with Crippen molar-refractivity contribution >= 4 is 29.0 Å². The Kier molecular flexibility index (Phi) is 5.66. The van der Waals surface area contributed by atoms with Gasteiger partial charge < -0.3 is 19.9 Å². The largest absolute Gasteiger partial charge is 0.492 e. The number of halogens is 1. The summed E-state index contributed by atoms with van der Waals surface area (Å²) >= 11 is 5.87.